The first-order valence-electron chi connectivity index (χ1n) is 5.14. The first kappa shape index (κ1) is 9.97. The molecule has 1 heterocycles. The van der Waals surface area contributed by atoms with Crippen LogP contribution in [0.4, 0.5) is 0 Å². The fourth-order valence-electron chi connectivity index (χ4n) is 1.62. The zero-order valence-electron chi connectivity index (χ0n) is 8.99. The highest BCUT2D eigenvalue weighted by Crippen LogP contribution is 2.22. The minimum absolute atomic E-state index is 0.238. The third-order valence-corrected chi connectivity index (χ3v) is 2.61. The lowest BCUT2D eigenvalue weighted by molar-refractivity contribution is -0.134. The van der Waals surface area contributed by atoms with Crippen LogP contribution in [-0.2, 0) is 9.53 Å². The summed E-state index contributed by atoms with van der Waals surface area (Å²) in [4.78, 5) is 10.9. The molecule has 0 saturated heterocycles. The molecule has 1 aromatic rings. The van der Waals surface area contributed by atoms with E-state index in [1.807, 2.05) is 12.1 Å². The molecule has 0 spiro atoms. The van der Waals surface area contributed by atoms with Crippen LogP contribution in [0.2, 0.25) is 0 Å². The lowest BCUT2D eigenvalue weighted by atomic mass is 9.99. The number of hydrogen-bond acceptors (Lipinski definition) is 2. The number of carbonyl (C=O) groups is 1. The van der Waals surface area contributed by atoms with E-state index in [2.05, 4.69) is 26.0 Å². The van der Waals surface area contributed by atoms with Gasteiger partial charge < -0.3 is 4.74 Å². The number of ether oxygens (including phenoxy) is 1. The number of cyclic esters (lactones) is 1. The van der Waals surface area contributed by atoms with Crippen LogP contribution >= 0.6 is 0 Å². The van der Waals surface area contributed by atoms with E-state index in [9.17, 15) is 4.79 Å². The topological polar surface area (TPSA) is 26.3 Å². The predicted molar refractivity (Wildman–Crippen MR) is 59.5 cm³/mol. The summed E-state index contributed by atoms with van der Waals surface area (Å²) in [5, 5.41) is 0. The molecule has 0 atom stereocenters. The standard InChI is InChI=1S/C13H14O2/c1-9(2)10-3-5-11(6-4-10)12-7-13(14)15-8-12/h3-7,9H,8H2,1-2H3. The summed E-state index contributed by atoms with van der Waals surface area (Å²) >= 11 is 0. The molecule has 15 heavy (non-hydrogen) atoms. The van der Waals surface area contributed by atoms with Crippen LogP contribution in [0.25, 0.3) is 5.57 Å². The summed E-state index contributed by atoms with van der Waals surface area (Å²) < 4.78 is 4.87. The van der Waals surface area contributed by atoms with Gasteiger partial charge >= 0.3 is 5.97 Å². The molecule has 0 unspecified atom stereocenters. The zero-order chi connectivity index (χ0) is 10.8. The van der Waals surface area contributed by atoms with Gasteiger partial charge in [0.2, 0.25) is 0 Å². The molecular weight excluding hydrogens is 188 g/mol. The van der Waals surface area contributed by atoms with E-state index in [1.165, 1.54) is 5.56 Å². The molecule has 1 aliphatic heterocycles. The maximum Gasteiger partial charge on any atom is 0.331 e. The Bertz CT molecular complexity index is 399. The Morgan fingerprint density at radius 2 is 1.87 bits per heavy atom. The monoisotopic (exact) mass is 202 g/mol. The summed E-state index contributed by atoms with van der Waals surface area (Å²) in [5.74, 6) is 0.299. The maximum absolute atomic E-state index is 10.9. The first-order valence-corrected chi connectivity index (χ1v) is 5.14. The SMILES string of the molecule is CC(C)c1ccc(C2=CC(=O)OC2)cc1. The molecule has 2 heteroatoms. The van der Waals surface area contributed by atoms with Crippen LogP contribution in [0.3, 0.4) is 0 Å². The van der Waals surface area contributed by atoms with Crippen molar-refractivity contribution in [2.75, 3.05) is 6.61 Å². The van der Waals surface area contributed by atoms with E-state index >= 15 is 0 Å². The van der Waals surface area contributed by atoms with Crippen molar-refractivity contribution in [2.24, 2.45) is 0 Å². The van der Waals surface area contributed by atoms with E-state index in [0.29, 0.717) is 12.5 Å². The van der Waals surface area contributed by atoms with Gasteiger partial charge in [0.15, 0.2) is 0 Å². The Morgan fingerprint density at radius 1 is 1.20 bits per heavy atom. The average Bonchev–Trinajstić information content (AvgIpc) is 2.65. The van der Waals surface area contributed by atoms with Gasteiger partial charge in [0.25, 0.3) is 0 Å². The normalized spacial score (nSPS) is 15.4. The summed E-state index contributed by atoms with van der Waals surface area (Å²) in [5.41, 5.74) is 3.35. The summed E-state index contributed by atoms with van der Waals surface area (Å²) in [6.45, 7) is 4.73. The quantitative estimate of drug-likeness (QED) is 0.689. The predicted octanol–water partition coefficient (Wildman–Crippen LogP) is 2.75. The molecule has 0 radical (unpaired) electrons. The second-order valence-corrected chi connectivity index (χ2v) is 4.05. The van der Waals surface area contributed by atoms with E-state index < -0.39 is 0 Å². The number of carbonyl (C=O) groups excluding carboxylic acids is 1. The molecule has 0 aliphatic carbocycles. The van der Waals surface area contributed by atoms with Crippen molar-refractivity contribution >= 4 is 11.5 Å². The highest BCUT2D eigenvalue weighted by molar-refractivity contribution is 5.95. The molecule has 78 valence electrons. The van der Waals surface area contributed by atoms with Gasteiger partial charge in [-0.25, -0.2) is 4.79 Å². The molecular formula is C13H14O2. The van der Waals surface area contributed by atoms with Crippen LogP contribution in [0.1, 0.15) is 30.9 Å². The van der Waals surface area contributed by atoms with Gasteiger partial charge in [0, 0.05) is 11.6 Å². The smallest absolute Gasteiger partial charge is 0.331 e. The van der Waals surface area contributed by atoms with Gasteiger partial charge in [-0.05, 0) is 17.0 Å². The van der Waals surface area contributed by atoms with E-state index in [-0.39, 0.29) is 5.97 Å². The number of benzene rings is 1. The summed E-state index contributed by atoms with van der Waals surface area (Å²) in [6, 6.07) is 8.29. The van der Waals surface area contributed by atoms with E-state index in [4.69, 9.17) is 4.74 Å². The summed E-state index contributed by atoms with van der Waals surface area (Å²) in [6.07, 6.45) is 1.56. The number of rotatable bonds is 2. The minimum Gasteiger partial charge on any atom is -0.458 e. The van der Waals surface area contributed by atoms with Crippen molar-refractivity contribution in [3.05, 3.63) is 41.5 Å². The van der Waals surface area contributed by atoms with E-state index in [0.717, 1.165) is 11.1 Å². The second kappa shape index (κ2) is 3.89. The van der Waals surface area contributed by atoms with Crippen LogP contribution in [-0.4, -0.2) is 12.6 Å². The first-order chi connectivity index (χ1) is 7.16. The number of esters is 1. The Kier molecular flexibility index (Phi) is 2.58. The molecule has 0 N–H and O–H groups in total. The van der Waals surface area contributed by atoms with E-state index in [1.54, 1.807) is 6.08 Å². The molecule has 0 aromatic heterocycles. The van der Waals surface area contributed by atoms with Crippen molar-refractivity contribution in [3.8, 4) is 0 Å². The molecule has 0 saturated carbocycles. The molecule has 0 fully saturated rings. The third-order valence-electron chi connectivity index (χ3n) is 2.61. The molecule has 2 rings (SSSR count). The zero-order valence-corrected chi connectivity index (χ0v) is 8.99. The lowest BCUT2D eigenvalue weighted by Crippen LogP contribution is -1.92. The third kappa shape index (κ3) is 2.09. The van der Waals surface area contributed by atoms with Crippen molar-refractivity contribution in [1.82, 2.24) is 0 Å². The molecule has 1 aliphatic rings. The minimum atomic E-state index is -0.238. The second-order valence-electron chi connectivity index (χ2n) is 4.05. The van der Waals surface area contributed by atoms with Gasteiger partial charge in [0.05, 0.1) is 0 Å². The largest absolute Gasteiger partial charge is 0.458 e. The maximum atomic E-state index is 10.9. The highest BCUT2D eigenvalue weighted by atomic mass is 16.5. The molecule has 0 amide bonds. The Hall–Kier alpha value is -1.57. The Labute approximate surface area is 89.6 Å². The fourth-order valence-corrected chi connectivity index (χ4v) is 1.62. The van der Waals surface area contributed by atoms with Crippen LogP contribution in [0, 0.1) is 0 Å². The van der Waals surface area contributed by atoms with Crippen molar-refractivity contribution in [1.29, 1.82) is 0 Å². The number of hydrogen-bond donors (Lipinski definition) is 0. The Morgan fingerprint density at radius 3 is 2.33 bits per heavy atom. The fraction of sp³-hybridized carbons (Fsp3) is 0.308. The van der Waals surface area contributed by atoms with Crippen LogP contribution < -0.4 is 0 Å². The van der Waals surface area contributed by atoms with Crippen LogP contribution in [0.15, 0.2) is 30.3 Å². The van der Waals surface area contributed by atoms with Gasteiger partial charge in [-0.3, -0.25) is 0 Å². The molecule has 2 nitrogen and oxygen atoms in total. The average molecular weight is 202 g/mol. The molecule has 1 aromatic carbocycles. The summed E-state index contributed by atoms with van der Waals surface area (Å²) in [7, 11) is 0. The van der Waals surface area contributed by atoms with Gasteiger partial charge in [0.1, 0.15) is 6.61 Å². The molecule has 0 bridgehead atoms. The van der Waals surface area contributed by atoms with Crippen molar-refractivity contribution in [2.45, 2.75) is 19.8 Å². The van der Waals surface area contributed by atoms with Crippen molar-refractivity contribution < 1.29 is 9.53 Å². The Balaban J connectivity index is 2.24. The van der Waals surface area contributed by atoms with Crippen molar-refractivity contribution in [3.63, 3.8) is 0 Å². The lowest BCUT2D eigenvalue weighted by Gasteiger charge is -2.06. The van der Waals surface area contributed by atoms with Gasteiger partial charge in [-0.2, -0.15) is 0 Å². The van der Waals surface area contributed by atoms with Gasteiger partial charge in [-0.15, -0.1) is 0 Å². The highest BCUT2D eigenvalue weighted by Gasteiger charge is 2.14. The van der Waals surface area contributed by atoms with Gasteiger partial charge in [-0.1, -0.05) is 38.1 Å². The van der Waals surface area contributed by atoms with Crippen LogP contribution in [0.5, 0.6) is 0 Å².